The molecular weight excluding hydrogens is 537 g/mol. The third-order valence-electron chi connectivity index (χ3n) is 7.19. The summed E-state index contributed by atoms with van der Waals surface area (Å²) in [5, 5.41) is 9.85. The lowest BCUT2D eigenvalue weighted by Crippen LogP contribution is -2.51. The predicted molar refractivity (Wildman–Crippen MR) is 148 cm³/mol. The number of carbonyl (C=O) groups excluding carboxylic acids is 1. The van der Waals surface area contributed by atoms with Crippen molar-refractivity contribution in [3.05, 3.63) is 59.4 Å². The molecule has 2 heterocycles. The molecule has 0 aliphatic carbocycles. The quantitative estimate of drug-likeness (QED) is 0.526. The van der Waals surface area contributed by atoms with Gasteiger partial charge in [-0.2, -0.15) is 4.31 Å². The standard InChI is InChI=1S/C29H36FN3O6S/c1-21-17-33(22(2)20-34)40(36,37)28-10-9-24(8-7-23-5-4-6-25(30)15-23)16-26(28)39-27(21)18-31(3)29(35)19-32-11-13-38-14-12-32/h4-6,9-10,15-16,21-22,27,34H,11-14,17-20H2,1-3H3/t21-,22+,27-/m0/s1. The van der Waals surface area contributed by atoms with Crippen LogP contribution in [0, 0.1) is 23.6 Å². The first-order valence-electron chi connectivity index (χ1n) is 13.3. The van der Waals surface area contributed by atoms with Crippen molar-refractivity contribution in [1.29, 1.82) is 0 Å². The molecule has 1 saturated heterocycles. The fraction of sp³-hybridized carbons (Fsp3) is 0.483. The minimum Gasteiger partial charge on any atom is -0.487 e. The van der Waals surface area contributed by atoms with Gasteiger partial charge in [-0.05, 0) is 43.3 Å². The highest BCUT2D eigenvalue weighted by Crippen LogP contribution is 2.34. The topological polar surface area (TPSA) is 99.6 Å². The average molecular weight is 574 g/mol. The lowest BCUT2D eigenvalue weighted by atomic mass is 10.0. The maximum Gasteiger partial charge on any atom is 0.247 e. The number of hydrogen-bond donors (Lipinski definition) is 1. The van der Waals surface area contributed by atoms with Gasteiger partial charge in [-0.1, -0.05) is 24.8 Å². The molecule has 0 unspecified atom stereocenters. The zero-order valence-corrected chi connectivity index (χ0v) is 23.9. The van der Waals surface area contributed by atoms with Crippen LogP contribution < -0.4 is 4.74 Å². The lowest BCUT2D eigenvalue weighted by Gasteiger charge is -2.38. The van der Waals surface area contributed by atoms with Crippen molar-refractivity contribution in [2.45, 2.75) is 30.9 Å². The molecule has 1 fully saturated rings. The number of fused-ring (bicyclic) bond motifs is 1. The molecule has 0 bridgehead atoms. The number of halogens is 1. The van der Waals surface area contributed by atoms with Gasteiger partial charge in [0.25, 0.3) is 0 Å². The molecule has 0 saturated carbocycles. The highest BCUT2D eigenvalue weighted by molar-refractivity contribution is 7.89. The molecule has 9 nitrogen and oxygen atoms in total. The summed E-state index contributed by atoms with van der Waals surface area (Å²) in [5.74, 6) is 5.19. The van der Waals surface area contributed by atoms with Gasteiger partial charge in [0.1, 0.15) is 22.6 Å². The SMILES string of the molecule is C[C@H](CO)N1C[C@H](C)[C@H](CN(C)C(=O)CN2CCOCC2)Oc2cc(C#Cc3cccc(F)c3)ccc2S1(=O)=O. The number of amides is 1. The van der Waals surface area contributed by atoms with Crippen molar-refractivity contribution in [1.82, 2.24) is 14.1 Å². The van der Waals surface area contributed by atoms with Crippen LogP contribution in [0.5, 0.6) is 5.75 Å². The molecular formula is C29H36FN3O6S. The van der Waals surface area contributed by atoms with Crippen LogP contribution in [0.3, 0.4) is 0 Å². The second-order valence-corrected chi connectivity index (χ2v) is 12.2. The first-order chi connectivity index (χ1) is 19.1. The van der Waals surface area contributed by atoms with Crippen LogP contribution in [-0.2, 0) is 19.6 Å². The normalized spacial score (nSPS) is 22.0. The van der Waals surface area contributed by atoms with Gasteiger partial charge in [0.15, 0.2) is 0 Å². The Hall–Kier alpha value is -3.01. The highest BCUT2D eigenvalue weighted by atomic mass is 32.2. The predicted octanol–water partition coefficient (Wildman–Crippen LogP) is 1.78. The summed E-state index contributed by atoms with van der Waals surface area (Å²) >= 11 is 0. The Kier molecular flexibility index (Phi) is 9.81. The Labute approximate surface area is 235 Å². The lowest BCUT2D eigenvalue weighted by molar-refractivity contribution is -0.133. The maximum absolute atomic E-state index is 13.7. The molecule has 0 radical (unpaired) electrons. The Bertz CT molecular complexity index is 1370. The third-order valence-corrected chi connectivity index (χ3v) is 9.20. The van der Waals surface area contributed by atoms with Gasteiger partial charge in [0.05, 0.1) is 32.9 Å². The fourth-order valence-electron chi connectivity index (χ4n) is 4.67. The van der Waals surface area contributed by atoms with E-state index in [1.165, 1.54) is 22.5 Å². The van der Waals surface area contributed by atoms with E-state index in [0.717, 1.165) is 0 Å². The van der Waals surface area contributed by atoms with E-state index < -0.39 is 28.0 Å². The second kappa shape index (κ2) is 13.1. The van der Waals surface area contributed by atoms with Crippen molar-refractivity contribution >= 4 is 15.9 Å². The number of aliphatic hydroxyl groups is 1. The molecule has 216 valence electrons. The smallest absolute Gasteiger partial charge is 0.247 e. The van der Waals surface area contributed by atoms with Gasteiger partial charge >= 0.3 is 0 Å². The van der Waals surface area contributed by atoms with Gasteiger partial charge in [-0.25, -0.2) is 12.8 Å². The fourth-order valence-corrected chi connectivity index (χ4v) is 6.50. The van der Waals surface area contributed by atoms with Crippen molar-refractivity contribution in [2.24, 2.45) is 5.92 Å². The number of likely N-dealkylation sites (N-methyl/N-ethyl adjacent to an activating group) is 1. The van der Waals surface area contributed by atoms with Gasteiger partial charge in [-0.3, -0.25) is 9.69 Å². The minimum atomic E-state index is -4.01. The number of nitrogens with zero attached hydrogens (tertiary/aromatic N) is 3. The van der Waals surface area contributed by atoms with Crippen LogP contribution in [0.15, 0.2) is 47.4 Å². The van der Waals surface area contributed by atoms with Crippen molar-refractivity contribution in [3.8, 4) is 17.6 Å². The summed E-state index contributed by atoms with van der Waals surface area (Å²) in [4.78, 5) is 16.6. The van der Waals surface area contributed by atoms with Gasteiger partial charge in [0.2, 0.25) is 15.9 Å². The molecule has 0 spiro atoms. The van der Waals surface area contributed by atoms with Crippen LogP contribution >= 0.6 is 0 Å². The van der Waals surface area contributed by atoms with Crippen molar-refractivity contribution in [3.63, 3.8) is 0 Å². The molecule has 0 aromatic heterocycles. The van der Waals surface area contributed by atoms with Crippen LogP contribution in [0.1, 0.15) is 25.0 Å². The van der Waals surface area contributed by atoms with Crippen molar-refractivity contribution in [2.75, 3.05) is 59.6 Å². The number of carbonyl (C=O) groups is 1. The van der Waals surface area contributed by atoms with E-state index in [4.69, 9.17) is 9.47 Å². The van der Waals surface area contributed by atoms with Crippen LogP contribution in [0.25, 0.3) is 0 Å². The first kappa shape index (κ1) is 30.0. The van der Waals surface area contributed by atoms with Crippen LogP contribution in [-0.4, -0.2) is 105 Å². The molecule has 2 aromatic rings. The van der Waals surface area contributed by atoms with E-state index in [0.29, 0.717) is 37.4 Å². The Balaban J connectivity index is 1.65. The number of rotatable bonds is 6. The minimum absolute atomic E-state index is 0.0386. The Morgan fingerprint density at radius 1 is 1.18 bits per heavy atom. The first-order valence-corrected chi connectivity index (χ1v) is 14.8. The molecule has 4 rings (SSSR count). The number of ether oxygens (including phenoxy) is 2. The van der Waals surface area contributed by atoms with E-state index in [9.17, 15) is 22.7 Å². The molecule has 11 heteroatoms. The van der Waals surface area contributed by atoms with E-state index in [2.05, 4.69) is 11.8 Å². The molecule has 2 aliphatic rings. The third kappa shape index (κ3) is 7.19. The molecule has 3 atom stereocenters. The van der Waals surface area contributed by atoms with Gasteiger partial charge < -0.3 is 19.5 Å². The number of hydrogen-bond acceptors (Lipinski definition) is 7. The Morgan fingerprint density at radius 3 is 2.55 bits per heavy atom. The van der Waals surface area contributed by atoms with E-state index in [1.807, 2.05) is 11.8 Å². The van der Waals surface area contributed by atoms with Gasteiger partial charge in [-0.15, -0.1) is 0 Å². The molecule has 2 aromatic carbocycles. The number of benzene rings is 2. The summed E-state index contributed by atoms with van der Waals surface area (Å²) in [5.41, 5.74) is 0.971. The summed E-state index contributed by atoms with van der Waals surface area (Å²) in [6.07, 6.45) is -0.535. The number of aliphatic hydroxyl groups excluding tert-OH is 1. The summed E-state index contributed by atoms with van der Waals surface area (Å²) < 4.78 is 54.0. The monoisotopic (exact) mass is 573 g/mol. The zero-order chi connectivity index (χ0) is 28.9. The molecule has 1 amide bonds. The zero-order valence-electron chi connectivity index (χ0n) is 23.0. The summed E-state index contributed by atoms with van der Waals surface area (Å²) in [7, 11) is -2.30. The maximum atomic E-state index is 13.7. The summed E-state index contributed by atoms with van der Waals surface area (Å²) in [6.45, 7) is 6.35. The van der Waals surface area contributed by atoms with Crippen LogP contribution in [0.4, 0.5) is 4.39 Å². The number of morpholine rings is 1. The molecule has 2 aliphatic heterocycles. The largest absolute Gasteiger partial charge is 0.487 e. The van der Waals surface area contributed by atoms with Gasteiger partial charge in [0, 0.05) is 49.8 Å². The summed E-state index contributed by atoms with van der Waals surface area (Å²) in [6, 6.07) is 9.81. The van der Waals surface area contributed by atoms with Crippen molar-refractivity contribution < 1.29 is 32.2 Å². The van der Waals surface area contributed by atoms with E-state index >= 15 is 0 Å². The molecule has 1 N–H and O–H groups in total. The van der Waals surface area contributed by atoms with E-state index in [1.54, 1.807) is 43.1 Å². The number of sulfonamides is 1. The molecule has 40 heavy (non-hydrogen) atoms. The second-order valence-electron chi connectivity index (χ2n) is 10.3. The van der Waals surface area contributed by atoms with Crippen LogP contribution in [0.2, 0.25) is 0 Å². The average Bonchev–Trinajstić information content (AvgIpc) is 2.93. The Morgan fingerprint density at radius 2 is 1.88 bits per heavy atom. The highest BCUT2D eigenvalue weighted by Gasteiger charge is 2.38. The van der Waals surface area contributed by atoms with E-state index in [-0.39, 0.29) is 48.7 Å².